The molecule has 0 fully saturated rings. The van der Waals surface area contributed by atoms with Gasteiger partial charge in [0.25, 0.3) is 5.78 Å². The third-order valence-corrected chi connectivity index (χ3v) is 5.08. The van der Waals surface area contributed by atoms with Gasteiger partial charge in [0, 0.05) is 6.42 Å². The summed E-state index contributed by atoms with van der Waals surface area (Å²) in [5, 5.41) is 7.71. The molecule has 2 aromatic carbocycles. The number of rotatable bonds is 13. The van der Waals surface area contributed by atoms with E-state index in [0.29, 0.717) is 12.6 Å². The fourth-order valence-corrected chi connectivity index (χ4v) is 3.35. The lowest BCUT2D eigenvalue weighted by Gasteiger charge is -2.24. The average Bonchev–Trinajstić information content (AvgIpc) is 2.86. The molecule has 36 heavy (non-hydrogen) atoms. The predicted molar refractivity (Wildman–Crippen MR) is 133 cm³/mol. The van der Waals surface area contributed by atoms with Gasteiger partial charge in [-0.1, -0.05) is 74.5 Å². The smallest absolute Gasteiger partial charge is 0.408 e. The highest BCUT2D eigenvalue weighted by Crippen LogP contribution is 2.09. The summed E-state index contributed by atoms with van der Waals surface area (Å²) >= 11 is 0. The summed E-state index contributed by atoms with van der Waals surface area (Å²) in [4.78, 5) is 52.6. The molecule has 3 N–H and O–H groups in total. The van der Waals surface area contributed by atoms with E-state index >= 15 is 0 Å². The number of carbonyl (C=O) groups is 4. The van der Waals surface area contributed by atoms with Crippen molar-refractivity contribution in [2.75, 3.05) is 6.54 Å². The van der Waals surface area contributed by atoms with Crippen LogP contribution in [0.2, 0.25) is 0 Å². The molecule has 190 valence electrons. The lowest BCUT2D eigenvalue weighted by Crippen LogP contribution is -2.55. The van der Waals surface area contributed by atoms with Crippen LogP contribution < -0.4 is 16.0 Å². The van der Waals surface area contributed by atoms with Crippen molar-refractivity contribution < 1.29 is 28.7 Å². The Morgan fingerprint density at radius 3 is 2.08 bits per heavy atom. The number of carbonyl (C=O) groups excluding carboxylic acids is 4. The van der Waals surface area contributed by atoms with Crippen molar-refractivity contribution in [3.63, 3.8) is 0 Å². The number of ketones is 1. The van der Waals surface area contributed by atoms with Gasteiger partial charge in [0.15, 0.2) is 0 Å². The molecule has 0 spiro atoms. The van der Waals surface area contributed by atoms with Crippen molar-refractivity contribution in [1.29, 1.82) is 0 Å². The Morgan fingerprint density at radius 1 is 0.889 bits per heavy atom. The monoisotopic (exact) mass is 493 g/mol. The fraction of sp³-hybridized carbons (Fsp3) is 0.346. The number of ether oxygens (including phenoxy) is 1. The largest absolute Gasteiger partial charge is 0.445 e. The first-order chi connectivity index (χ1) is 17.3. The number of alkyl carbamates (subject to hydrolysis) is 1. The van der Waals surface area contributed by atoms with E-state index in [9.17, 15) is 19.2 Å². The third-order valence-electron chi connectivity index (χ3n) is 5.08. The molecular weight excluding hydrogens is 462 g/mol. The molecule has 0 saturated heterocycles. The Labute approximate surface area is 210 Å². The fourth-order valence-electron chi connectivity index (χ4n) is 3.35. The molecule has 3 amide bonds. The van der Waals surface area contributed by atoms with Crippen LogP contribution >= 0.6 is 0 Å². The van der Waals surface area contributed by atoms with Crippen molar-refractivity contribution in [2.24, 2.45) is 5.92 Å². The van der Waals surface area contributed by atoms with Crippen LogP contribution in [0.4, 0.5) is 4.79 Å². The van der Waals surface area contributed by atoms with Gasteiger partial charge in [-0.05, 0) is 23.5 Å². The summed E-state index contributed by atoms with van der Waals surface area (Å²) in [6.07, 6.45) is 0.400. The number of Topliss-reactive ketones (excluding diaryl/α,β-unsaturated/α-hetero) is 1. The number of benzene rings is 2. The van der Waals surface area contributed by atoms with Gasteiger partial charge in [0.2, 0.25) is 11.8 Å². The Bertz CT molecular complexity index is 1070. The molecule has 0 radical (unpaired) electrons. The summed E-state index contributed by atoms with van der Waals surface area (Å²) in [6, 6.07) is 16.2. The van der Waals surface area contributed by atoms with E-state index in [-0.39, 0.29) is 18.9 Å². The predicted octanol–water partition coefficient (Wildman–Crippen LogP) is 2.04. The maximum Gasteiger partial charge on any atom is 0.408 e. The summed E-state index contributed by atoms with van der Waals surface area (Å²) in [5.41, 5.74) is 10.1. The van der Waals surface area contributed by atoms with Gasteiger partial charge >= 0.3 is 12.3 Å². The summed E-state index contributed by atoms with van der Waals surface area (Å²) in [6.45, 7) is 3.45. The molecule has 0 aliphatic carbocycles. The second-order valence-electron chi connectivity index (χ2n) is 8.57. The first-order valence-electron chi connectivity index (χ1n) is 11.6. The molecule has 0 bridgehead atoms. The molecule has 2 atom stereocenters. The minimum absolute atomic E-state index is 0.0485. The van der Waals surface area contributed by atoms with Crippen molar-refractivity contribution in [3.8, 4) is 0 Å². The normalized spacial score (nSPS) is 12.0. The lowest BCUT2D eigenvalue weighted by atomic mass is 10.0. The van der Waals surface area contributed by atoms with Crippen molar-refractivity contribution in [1.82, 2.24) is 16.0 Å². The number of hydrogen-bond donors (Lipinski definition) is 3. The van der Waals surface area contributed by atoms with E-state index in [1.165, 1.54) is 0 Å². The zero-order valence-corrected chi connectivity index (χ0v) is 20.3. The molecule has 2 unspecified atom stereocenters. The Balaban J connectivity index is 2.09. The molecule has 2 rings (SSSR count). The minimum Gasteiger partial charge on any atom is -0.445 e. The standard InChI is InChI=1S/C26H31N5O5/c1-18(2)13-22(31-26(35)36-17-20-11-7-4-8-12-20)25(34)30-23(14-19-9-5-3-6-10-19)24(33)28-15-21(32)16-29-27/h3-12,16,18,22-23H,13-15,17H2,1-2H3,(H,28,33)(H,30,34)(H,31,35). The Hall–Kier alpha value is -4.30. The highest BCUT2D eigenvalue weighted by Gasteiger charge is 2.28. The summed E-state index contributed by atoms with van der Waals surface area (Å²) in [5.74, 6) is -1.70. The second kappa shape index (κ2) is 14.9. The second-order valence-corrected chi connectivity index (χ2v) is 8.57. The summed E-state index contributed by atoms with van der Waals surface area (Å²) in [7, 11) is 0. The molecule has 10 nitrogen and oxygen atoms in total. The van der Waals surface area contributed by atoms with Crippen molar-refractivity contribution >= 4 is 29.9 Å². The van der Waals surface area contributed by atoms with Crippen LogP contribution in [0.25, 0.3) is 5.53 Å². The van der Waals surface area contributed by atoms with E-state index in [2.05, 4.69) is 20.7 Å². The van der Waals surface area contributed by atoms with Crippen LogP contribution in [0.3, 0.4) is 0 Å². The van der Waals surface area contributed by atoms with Crippen LogP contribution in [0.1, 0.15) is 31.4 Å². The summed E-state index contributed by atoms with van der Waals surface area (Å²) < 4.78 is 5.25. The number of amides is 3. The van der Waals surface area contributed by atoms with Gasteiger partial charge in [0.1, 0.15) is 18.7 Å². The van der Waals surface area contributed by atoms with Gasteiger partial charge in [-0.2, -0.15) is 4.79 Å². The molecular formula is C26H31N5O5. The van der Waals surface area contributed by atoms with Gasteiger partial charge in [-0.25, -0.2) is 4.79 Å². The minimum atomic E-state index is -1.02. The Morgan fingerprint density at radius 2 is 1.50 bits per heavy atom. The lowest BCUT2D eigenvalue weighted by molar-refractivity contribution is -0.130. The van der Waals surface area contributed by atoms with Gasteiger partial charge < -0.3 is 26.2 Å². The van der Waals surface area contributed by atoms with Crippen LogP contribution in [0.15, 0.2) is 60.7 Å². The van der Waals surface area contributed by atoms with E-state index < -0.39 is 42.3 Å². The first-order valence-corrected chi connectivity index (χ1v) is 11.6. The van der Waals surface area contributed by atoms with Crippen LogP contribution in [-0.2, 0) is 32.1 Å². The SMILES string of the molecule is CC(C)CC(NC(=O)OCc1ccccc1)C(=O)NC(Cc1ccccc1)C(=O)NCC(=O)C=[N+]=[N-]. The first kappa shape index (κ1) is 27.9. The van der Waals surface area contributed by atoms with Crippen LogP contribution in [0.5, 0.6) is 0 Å². The van der Waals surface area contributed by atoms with Crippen LogP contribution in [0, 0.1) is 5.92 Å². The van der Waals surface area contributed by atoms with Gasteiger partial charge in [-0.3, -0.25) is 14.4 Å². The van der Waals surface area contributed by atoms with Crippen molar-refractivity contribution in [3.05, 3.63) is 77.3 Å². The van der Waals surface area contributed by atoms with E-state index in [0.717, 1.165) is 11.1 Å². The Kier molecular flexibility index (Phi) is 11.5. The van der Waals surface area contributed by atoms with E-state index in [1.807, 2.05) is 50.2 Å². The quantitative estimate of drug-likeness (QED) is 0.222. The molecule has 0 aliphatic heterocycles. The molecule has 0 aliphatic rings. The topological polar surface area (TPSA) is 150 Å². The van der Waals surface area contributed by atoms with Crippen molar-refractivity contribution in [2.45, 2.75) is 45.4 Å². The average molecular weight is 494 g/mol. The molecule has 0 heterocycles. The highest BCUT2D eigenvalue weighted by atomic mass is 16.5. The van der Waals surface area contributed by atoms with Crippen LogP contribution in [-0.4, -0.2) is 53.3 Å². The maximum atomic E-state index is 13.2. The molecule has 0 saturated carbocycles. The van der Waals surface area contributed by atoms with Gasteiger partial charge in [0.05, 0.1) is 6.54 Å². The number of hydrogen-bond acceptors (Lipinski definition) is 5. The van der Waals surface area contributed by atoms with Gasteiger partial charge in [-0.15, -0.1) is 0 Å². The molecule has 0 aromatic heterocycles. The molecule has 10 heteroatoms. The zero-order chi connectivity index (χ0) is 26.3. The van der Waals surface area contributed by atoms with E-state index in [1.54, 1.807) is 24.3 Å². The zero-order valence-electron chi connectivity index (χ0n) is 20.3. The third kappa shape index (κ3) is 10.3. The van der Waals surface area contributed by atoms with E-state index in [4.69, 9.17) is 10.3 Å². The number of nitrogens with zero attached hydrogens (tertiary/aromatic N) is 2. The maximum absolute atomic E-state index is 13.2. The highest BCUT2D eigenvalue weighted by molar-refractivity contribution is 6.26. The number of nitrogens with one attached hydrogen (secondary N) is 3. The molecule has 2 aromatic rings.